The highest BCUT2D eigenvalue weighted by atomic mass is 16.4. The first-order valence-electron chi connectivity index (χ1n) is 6.58. The van der Waals surface area contributed by atoms with Gasteiger partial charge in [-0.25, -0.2) is 0 Å². The summed E-state index contributed by atoms with van der Waals surface area (Å²) in [5, 5.41) is 11.4. The molecular weight excluding hydrogens is 240 g/mol. The van der Waals surface area contributed by atoms with Gasteiger partial charge in [0.25, 0.3) is 0 Å². The molecule has 2 aromatic rings. The Morgan fingerprint density at radius 3 is 2.95 bits per heavy atom. The van der Waals surface area contributed by atoms with E-state index >= 15 is 0 Å². The van der Waals surface area contributed by atoms with Gasteiger partial charge in [0.15, 0.2) is 0 Å². The molecule has 0 radical (unpaired) electrons. The lowest BCUT2D eigenvalue weighted by atomic mass is 10.1. The Hall–Kier alpha value is -1.88. The van der Waals surface area contributed by atoms with Crippen molar-refractivity contribution in [3.63, 3.8) is 0 Å². The van der Waals surface area contributed by atoms with Crippen LogP contribution < -0.4 is 10.2 Å². The average molecular weight is 258 g/mol. The summed E-state index contributed by atoms with van der Waals surface area (Å²) >= 11 is 0. The normalized spacial score (nSPS) is 19.5. The highest BCUT2D eigenvalue weighted by Gasteiger charge is 2.30. The minimum Gasteiger partial charge on any atom is -0.406 e. The Bertz CT molecular complexity index is 580. The van der Waals surface area contributed by atoms with Crippen LogP contribution in [0, 0.1) is 0 Å². The molecule has 1 N–H and O–H groups in total. The summed E-state index contributed by atoms with van der Waals surface area (Å²) in [6.07, 6.45) is 1.01. The van der Waals surface area contributed by atoms with Crippen LogP contribution in [0.25, 0.3) is 0 Å². The molecule has 1 aliphatic rings. The number of para-hydroxylation sites is 1. The van der Waals surface area contributed by atoms with Crippen molar-refractivity contribution in [3.05, 3.63) is 35.7 Å². The van der Waals surface area contributed by atoms with Gasteiger partial charge < -0.3 is 9.73 Å². The molecule has 0 spiro atoms. The molecular formula is C14H18N4O. The lowest BCUT2D eigenvalue weighted by Gasteiger charge is -2.19. The number of hydrogen-bond acceptors (Lipinski definition) is 5. The van der Waals surface area contributed by atoms with Crippen molar-refractivity contribution >= 4 is 11.7 Å². The summed E-state index contributed by atoms with van der Waals surface area (Å²) in [7, 11) is 1.88. The van der Waals surface area contributed by atoms with Gasteiger partial charge in [0.05, 0.1) is 6.04 Å². The summed E-state index contributed by atoms with van der Waals surface area (Å²) in [6.45, 7) is 4.17. The minimum atomic E-state index is 0.0643. The zero-order valence-corrected chi connectivity index (χ0v) is 11.4. The SMILES string of the molecule is CNC(C)c1nnc(N2c3ccccc3CC2C)o1. The third-order valence-electron chi connectivity index (χ3n) is 3.65. The highest BCUT2D eigenvalue weighted by Crippen LogP contribution is 2.37. The summed E-state index contributed by atoms with van der Waals surface area (Å²) in [4.78, 5) is 2.12. The molecule has 0 bridgehead atoms. The third-order valence-corrected chi connectivity index (χ3v) is 3.65. The van der Waals surface area contributed by atoms with Crippen LogP contribution in [0.15, 0.2) is 28.7 Å². The summed E-state index contributed by atoms with van der Waals surface area (Å²) in [5.74, 6) is 0.620. The van der Waals surface area contributed by atoms with Gasteiger partial charge >= 0.3 is 6.01 Å². The summed E-state index contributed by atoms with van der Waals surface area (Å²) < 4.78 is 5.79. The predicted molar refractivity (Wildman–Crippen MR) is 73.5 cm³/mol. The van der Waals surface area contributed by atoms with Crippen molar-refractivity contribution in [3.8, 4) is 0 Å². The zero-order chi connectivity index (χ0) is 13.4. The first-order chi connectivity index (χ1) is 9.20. The number of rotatable bonds is 3. The molecule has 1 aromatic heterocycles. The number of hydrogen-bond donors (Lipinski definition) is 1. The van der Waals surface area contributed by atoms with E-state index in [0.29, 0.717) is 17.9 Å². The Morgan fingerprint density at radius 1 is 1.37 bits per heavy atom. The van der Waals surface area contributed by atoms with Crippen LogP contribution in [-0.2, 0) is 6.42 Å². The van der Waals surface area contributed by atoms with E-state index in [0.717, 1.165) is 6.42 Å². The number of aromatic nitrogens is 2. The molecule has 1 aromatic carbocycles. The molecule has 0 fully saturated rings. The summed E-state index contributed by atoms with van der Waals surface area (Å²) in [6, 6.07) is 9.35. The van der Waals surface area contributed by atoms with E-state index in [-0.39, 0.29) is 6.04 Å². The maximum atomic E-state index is 5.79. The van der Waals surface area contributed by atoms with E-state index < -0.39 is 0 Å². The van der Waals surface area contributed by atoms with E-state index in [2.05, 4.69) is 45.5 Å². The molecule has 19 heavy (non-hydrogen) atoms. The first kappa shape index (κ1) is 12.2. The van der Waals surface area contributed by atoms with Crippen molar-refractivity contribution in [2.75, 3.05) is 11.9 Å². The fourth-order valence-electron chi connectivity index (χ4n) is 2.48. The second-order valence-corrected chi connectivity index (χ2v) is 4.99. The number of fused-ring (bicyclic) bond motifs is 1. The van der Waals surface area contributed by atoms with Gasteiger partial charge in [-0.1, -0.05) is 23.3 Å². The fraction of sp³-hybridized carbons (Fsp3) is 0.429. The van der Waals surface area contributed by atoms with Gasteiger partial charge in [-0.2, -0.15) is 0 Å². The van der Waals surface area contributed by atoms with Crippen molar-refractivity contribution in [2.45, 2.75) is 32.4 Å². The average Bonchev–Trinajstić information content (AvgIpc) is 3.00. The second-order valence-electron chi connectivity index (χ2n) is 4.99. The summed E-state index contributed by atoms with van der Waals surface area (Å²) in [5.41, 5.74) is 2.50. The van der Waals surface area contributed by atoms with E-state index in [1.54, 1.807) is 0 Å². The molecule has 0 amide bonds. The molecule has 0 aliphatic carbocycles. The molecule has 2 atom stereocenters. The Balaban J connectivity index is 1.96. The van der Waals surface area contributed by atoms with Crippen LogP contribution in [0.4, 0.5) is 11.7 Å². The number of anilines is 2. The highest BCUT2D eigenvalue weighted by molar-refractivity contribution is 5.66. The van der Waals surface area contributed by atoms with Gasteiger partial charge in [0, 0.05) is 11.7 Å². The molecule has 3 rings (SSSR count). The maximum Gasteiger partial charge on any atom is 0.323 e. The zero-order valence-electron chi connectivity index (χ0n) is 11.4. The Kier molecular flexibility index (Phi) is 2.98. The van der Waals surface area contributed by atoms with Crippen molar-refractivity contribution in [1.29, 1.82) is 0 Å². The molecule has 100 valence electrons. The first-order valence-corrected chi connectivity index (χ1v) is 6.58. The van der Waals surface area contributed by atoms with Crippen LogP contribution in [0.1, 0.15) is 31.3 Å². The topological polar surface area (TPSA) is 54.2 Å². The van der Waals surface area contributed by atoms with Gasteiger partial charge in [0.2, 0.25) is 5.89 Å². The van der Waals surface area contributed by atoms with E-state index in [4.69, 9.17) is 4.42 Å². The minimum absolute atomic E-state index is 0.0643. The van der Waals surface area contributed by atoms with E-state index in [1.807, 2.05) is 20.0 Å². The molecule has 5 heteroatoms. The molecule has 0 saturated carbocycles. The Morgan fingerprint density at radius 2 is 2.16 bits per heavy atom. The third kappa shape index (κ3) is 2.00. The van der Waals surface area contributed by atoms with Crippen molar-refractivity contribution < 1.29 is 4.42 Å². The number of nitrogens with one attached hydrogen (secondary N) is 1. The quantitative estimate of drug-likeness (QED) is 0.916. The van der Waals surface area contributed by atoms with E-state index in [1.165, 1.54) is 11.3 Å². The number of nitrogens with zero attached hydrogens (tertiary/aromatic N) is 3. The monoisotopic (exact) mass is 258 g/mol. The smallest absolute Gasteiger partial charge is 0.323 e. The van der Waals surface area contributed by atoms with Crippen LogP contribution in [0.5, 0.6) is 0 Å². The fourth-order valence-corrected chi connectivity index (χ4v) is 2.48. The van der Waals surface area contributed by atoms with Crippen molar-refractivity contribution in [1.82, 2.24) is 15.5 Å². The molecule has 1 aliphatic heterocycles. The molecule has 2 unspecified atom stereocenters. The van der Waals surface area contributed by atoms with Crippen LogP contribution >= 0.6 is 0 Å². The largest absolute Gasteiger partial charge is 0.406 e. The second kappa shape index (κ2) is 4.66. The Labute approximate surface area is 112 Å². The maximum absolute atomic E-state index is 5.79. The lowest BCUT2D eigenvalue weighted by Crippen LogP contribution is -2.24. The van der Waals surface area contributed by atoms with E-state index in [9.17, 15) is 0 Å². The van der Waals surface area contributed by atoms with Gasteiger partial charge in [-0.3, -0.25) is 4.90 Å². The van der Waals surface area contributed by atoms with Crippen molar-refractivity contribution in [2.24, 2.45) is 0 Å². The van der Waals surface area contributed by atoms with Crippen LogP contribution in [0.2, 0.25) is 0 Å². The standard InChI is InChI=1S/C14H18N4O/c1-9-8-11-6-4-5-7-12(11)18(9)14-17-16-13(19-14)10(2)15-3/h4-7,9-10,15H,8H2,1-3H3. The van der Waals surface area contributed by atoms with Gasteiger partial charge in [-0.05, 0) is 38.9 Å². The van der Waals surface area contributed by atoms with Crippen LogP contribution in [0.3, 0.4) is 0 Å². The van der Waals surface area contributed by atoms with Gasteiger partial charge in [0.1, 0.15) is 0 Å². The lowest BCUT2D eigenvalue weighted by molar-refractivity contribution is 0.432. The molecule has 5 nitrogen and oxygen atoms in total. The molecule has 2 heterocycles. The van der Waals surface area contributed by atoms with Gasteiger partial charge in [-0.15, -0.1) is 5.10 Å². The predicted octanol–water partition coefficient (Wildman–Crippen LogP) is 2.43. The van der Waals surface area contributed by atoms with Crippen LogP contribution in [-0.4, -0.2) is 23.3 Å². The molecule has 0 saturated heterocycles. The number of benzene rings is 1.